The van der Waals surface area contributed by atoms with Crippen LogP contribution in [0.3, 0.4) is 0 Å². The number of benzene rings is 1. The van der Waals surface area contributed by atoms with Crippen molar-refractivity contribution in [2.75, 3.05) is 31.6 Å². The number of aliphatic hydroxyl groups is 1. The van der Waals surface area contributed by atoms with Gasteiger partial charge in [0.2, 0.25) is 0 Å². The molecule has 5 heteroatoms. The van der Waals surface area contributed by atoms with E-state index in [9.17, 15) is 15.1 Å². The summed E-state index contributed by atoms with van der Waals surface area (Å²) in [6.07, 6.45) is 14.3. The Balaban J connectivity index is 1.40. The molecule has 2 N–H and O–H groups in total. The van der Waals surface area contributed by atoms with E-state index in [0.29, 0.717) is 35.9 Å². The second-order valence-electron chi connectivity index (χ2n) is 12.4. The lowest BCUT2D eigenvalue weighted by Crippen LogP contribution is -2.51. The fourth-order valence-electron chi connectivity index (χ4n) is 8.96. The van der Waals surface area contributed by atoms with Crippen molar-refractivity contribution in [3.63, 3.8) is 0 Å². The normalized spacial score (nSPS) is 33.8. The van der Waals surface area contributed by atoms with Gasteiger partial charge >= 0.3 is 0 Å². The molecule has 1 saturated heterocycles. The van der Waals surface area contributed by atoms with Gasteiger partial charge in [0, 0.05) is 56.2 Å². The number of allylic oxidation sites excluding steroid dienone is 4. The first-order valence-corrected chi connectivity index (χ1v) is 14.9. The predicted molar refractivity (Wildman–Crippen MR) is 147 cm³/mol. The minimum atomic E-state index is -0.267. The van der Waals surface area contributed by atoms with Gasteiger partial charge in [0.05, 0.1) is 0 Å². The first-order valence-electron chi connectivity index (χ1n) is 14.9. The number of anilines is 1. The van der Waals surface area contributed by atoms with E-state index in [-0.39, 0.29) is 12.1 Å². The number of ketones is 1. The summed E-state index contributed by atoms with van der Waals surface area (Å²) in [7, 11) is 1.83. The lowest BCUT2D eigenvalue weighted by Gasteiger charge is -2.50. The molecular formula is C32H44N2O3. The Morgan fingerprint density at radius 2 is 1.81 bits per heavy atom. The number of carbonyl (C=O) groups is 1. The summed E-state index contributed by atoms with van der Waals surface area (Å²) in [4.78, 5) is 14.8. The summed E-state index contributed by atoms with van der Waals surface area (Å²) in [6, 6.07) is 9.42. The van der Waals surface area contributed by atoms with Crippen LogP contribution in [0.4, 0.5) is 5.69 Å². The zero-order valence-corrected chi connectivity index (χ0v) is 22.5. The van der Waals surface area contributed by atoms with Crippen molar-refractivity contribution in [3.8, 4) is 0 Å². The lowest BCUT2D eigenvalue weighted by atomic mass is 9.58. The molecule has 37 heavy (non-hydrogen) atoms. The van der Waals surface area contributed by atoms with Gasteiger partial charge in [-0.15, -0.1) is 0 Å². The Hall–Kier alpha value is -1.95. The molecule has 0 bridgehead atoms. The van der Waals surface area contributed by atoms with Gasteiger partial charge in [-0.05, 0) is 106 Å². The van der Waals surface area contributed by atoms with Gasteiger partial charge in [0.25, 0.3) is 0 Å². The maximum Gasteiger partial charge on any atom is 0.155 e. The molecule has 6 rings (SSSR count). The smallest absolute Gasteiger partial charge is 0.155 e. The first-order chi connectivity index (χ1) is 18.0. The van der Waals surface area contributed by atoms with Crippen LogP contribution in [0, 0.1) is 17.8 Å². The fourth-order valence-corrected chi connectivity index (χ4v) is 8.96. The van der Waals surface area contributed by atoms with Crippen molar-refractivity contribution in [2.24, 2.45) is 17.8 Å². The molecule has 0 amide bonds. The SMILES string of the molecule is CN(O)[C@@]1(CCCO)CCC2C3=C(C4CCC(=O)C=C4CC3)[C@@H](c3ccc(N4CCCCC4)cc3)CC21. The van der Waals surface area contributed by atoms with Gasteiger partial charge in [-0.2, -0.15) is 5.06 Å². The van der Waals surface area contributed by atoms with E-state index in [2.05, 4.69) is 29.2 Å². The Morgan fingerprint density at radius 3 is 2.54 bits per heavy atom. The number of rotatable bonds is 6. The Kier molecular flexibility index (Phi) is 7.06. The zero-order chi connectivity index (χ0) is 25.6. The van der Waals surface area contributed by atoms with Crippen LogP contribution in [0.15, 0.2) is 47.1 Å². The maximum atomic E-state index is 12.3. The standard InChI is InChI=1S/C32H44N2O3/c1-33(37)32(15-5-19-35)16-14-27-28-12-8-23-20-25(36)11-13-26(23)31(28)29(21-30(27)32)22-6-9-24(10-7-22)34-17-3-2-4-18-34/h6-7,9-10,20,26-27,29-30,35,37H,2-5,8,11-19,21H2,1H3/t26?,27?,29-,30?,32+/m1/s1. The molecule has 1 saturated carbocycles. The molecule has 1 aromatic rings. The highest BCUT2D eigenvalue weighted by atomic mass is 16.5. The molecule has 0 radical (unpaired) electrons. The van der Waals surface area contributed by atoms with Crippen molar-refractivity contribution < 1.29 is 15.1 Å². The van der Waals surface area contributed by atoms with Crippen LogP contribution >= 0.6 is 0 Å². The van der Waals surface area contributed by atoms with E-state index >= 15 is 0 Å². The van der Waals surface area contributed by atoms with E-state index in [1.165, 1.54) is 41.1 Å². The molecule has 1 aromatic carbocycles. The predicted octanol–water partition coefficient (Wildman–Crippen LogP) is 6.02. The molecular weight excluding hydrogens is 460 g/mol. The van der Waals surface area contributed by atoms with E-state index in [0.717, 1.165) is 64.5 Å². The van der Waals surface area contributed by atoms with Gasteiger partial charge in [0.15, 0.2) is 5.78 Å². The number of nitrogens with zero attached hydrogens (tertiary/aromatic N) is 2. The topological polar surface area (TPSA) is 64.0 Å². The van der Waals surface area contributed by atoms with E-state index in [1.54, 1.807) is 11.1 Å². The third-order valence-corrected chi connectivity index (χ3v) is 10.7. The molecule has 0 spiro atoms. The summed E-state index contributed by atoms with van der Waals surface area (Å²) < 4.78 is 0. The maximum absolute atomic E-state index is 12.3. The quantitative estimate of drug-likeness (QED) is 0.366. The minimum Gasteiger partial charge on any atom is -0.396 e. The Labute approximate surface area is 222 Å². The van der Waals surface area contributed by atoms with Crippen LogP contribution in [-0.2, 0) is 4.79 Å². The van der Waals surface area contributed by atoms with Crippen molar-refractivity contribution in [2.45, 2.75) is 88.5 Å². The summed E-state index contributed by atoms with van der Waals surface area (Å²) in [5.74, 6) is 1.94. The number of aliphatic hydroxyl groups excluding tert-OH is 1. The van der Waals surface area contributed by atoms with Crippen LogP contribution in [0.1, 0.15) is 88.5 Å². The molecule has 1 heterocycles. The summed E-state index contributed by atoms with van der Waals surface area (Å²) in [6.45, 7) is 2.48. The third kappa shape index (κ3) is 4.41. The lowest BCUT2D eigenvalue weighted by molar-refractivity contribution is -0.175. The van der Waals surface area contributed by atoms with Crippen molar-refractivity contribution in [1.82, 2.24) is 5.06 Å². The number of hydrogen-bond acceptors (Lipinski definition) is 5. The Morgan fingerprint density at radius 1 is 1.03 bits per heavy atom. The van der Waals surface area contributed by atoms with Crippen molar-refractivity contribution >= 4 is 11.5 Å². The summed E-state index contributed by atoms with van der Waals surface area (Å²) >= 11 is 0. The summed E-state index contributed by atoms with van der Waals surface area (Å²) in [5.41, 5.74) is 7.10. The van der Waals surface area contributed by atoms with Crippen LogP contribution in [0.2, 0.25) is 0 Å². The highest BCUT2D eigenvalue weighted by Gasteiger charge is 2.56. The number of carbonyl (C=O) groups excluding carboxylic acids is 1. The van der Waals surface area contributed by atoms with Gasteiger partial charge < -0.3 is 15.2 Å². The van der Waals surface area contributed by atoms with Crippen molar-refractivity contribution in [1.29, 1.82) is 0 Å². The molecule has 0 aromatic heterocycles. The monoisotopic (exact) mass is 504 g/mol. The molecule has 1 aliphatic heterocycles. The highest BCUT2D eigenvalue weighted by Crippen LogP contribution is 2.61. The van der Waals surface area contributed by atoms with Crippen LogP contribution in [0.5, 0.6) is 0 Å². The molecule has 200 valence electrons. The van der Waals surface area contributed by atoms with Gasteiger partial charge in [0.1, 0.15) is 0 Å². The average Bonchev–Trinajstić information content (AvgIpc) is 3.31. The van der Waals surface area contributed by atoms with E-state index < -0.39 is 0 Å². The molecule has 5 nitrogen and oxygen atoms in total. The van der Waals surface area contributed by atoms with Crippen LogP contribution in [0.25, 0.3) is 0 Å². The first kappa shape index (κ1) is 25.3. The number of hydroxylamine groups is 2. The van der Waals surface area contributed by atoms with Crippen LogP contribution in [-0.4, -0.2) is 53.4 Å². The van der Waals surface area contributed by atoms with Gasteiger partial charge in [-0.3, -0.25) is 4.79 Å². The third-order valence-electron chi connectivity index (χ3n) is 10.7. The second kappa shape index (κ2) is 10.3. The number of hydrogen-bond donors (Lipinski definition) is 2. The zero-order valence-electron chi connectivity index (χ0n) is 22.5. The second-order valence-corrected chi connectivity index (χ2v) is 12.4. The Bertz CT molecular complexity index is 1070. The van der Waals surface area contributed by atoms with Crippen LogP contribution < -0.4 is 4.90 Å². The molecule has 5 atom stereocenters. The summed E-state index contributed by atoms with van der Waals surface area (Å²) in [5, 5.41) is 22.2. The molecule has 3 unspecified atom stereocenters. The van der Waals surface area contributed by atoms with E-state index in [1.807, 2.05) is 13.1 Å². The number of fused-ring (bicyclic) bond motifs is 4. The van der Waals surface area contributed by atoms with Crippen molar-refractivity contribution in [3.05, 3.63) is 52.6 Å². The van der Waals surface area contributed by atoms with Gasteiger partial charge in [-0.1, -0.05) is 28.9 Å². The molecule has 4 aliphatic carbocycles. The van der Waals surface area contributed by atoms with E-state index in [4.69, 9.17) is 0 Å². The molecule has 2 fully saturated rings. The van der Waals surface area contributed by atoms with Gasteiger partial charge in [-0.25, -0.2) is 0 Å². The number of piperidine rings is 1. The fraction of sp³-hybridized carbons (Fsp3) is 0.656. The average molecular weight is 505 g/mol. The molecule has 5 aliphatic rings. The highest BCUT2D eigenvalue weighted by molar-refractivity contribution is 5.91. The largest absolute Gasteiger partial charge is 0.396 e. The minimum absolute atomic E-state index is 0.173.